The molecule has 0 aliphatic heterocycles. The van der Waals surface area contributed by atoms with Crippen molar-refractivity contribution in [1.82, 2.24) is 9.78 Å². The molecule has 80 valence electrons. The van der Waals surface area contributed by atoms with Gasteiger partial charge in [-0.3, -0.25) is 4.68 Å². The summed E-state index contributed by atoms with van der Waals surface area (Å²) in [7, 11) is 0. The molecule has 0 amide bonds. The number of aromatic nitrogens is 2. The molecule has 2 aromatic rings. The minimum atomic E-state index is 0.574. The molecule has 0 aliphatic carbocycles. The summed E-state index contributed by atoms with van der Waals surface area (Å²) in [4.78, 5) is 0. The second kappa shape index (κ2) is 4.59. The highest BCUT2D eigenvalue weighted by atomic mass is 32.1. The zero-order valence-corrected chi connectivity index (χ0v) is 9.63. The van der Waals surface area contributed by atoms with E-state index in [0.717, 1.165) is 24.2 Å². The molecule has 0 radical (unpaired) electrons. The van der Waals surface area contributed by atoms with Crippen molar-refractivity contribution >= 4 is 11.3 Å². The average molecular weight is 221 g/mol. The van der Waals surface area contributed by atoms with E-state index in [1.54, 1.807) is 11.3 Å². The highest BCUT2D eigenvalue weighted by Crippen LogP contribution is 2.09. The molecule has 2 rings (SSSR count). The first-order valence-corrected chi connectivity index (χ1v) is 5.98. The van der Waals surface area contributed by atoms with Crippen molar-refractivity contribution in [1.29, 1.82) is 0 Å². The topological polar surface area (TPSA) is 43.8 Å². The summed E-state index contributed by atoms with van der Waals surface area (Å²) in [6.45, 7) is 3.51. The SMILES string of the molecule is Cc1nn(CCc2ccsc2)cc1CN. The van der Waals surface area contributed by atoms with E-state index < -0.39 is 0 Å². The maximum absolute atomic E-state index is 5.60. The molecule has 0 spiro atoms. The maximum Gasteiger partial charge on any atom is 0.0638 e. The fraction of sp³-hybridized carbons (Fsp3) is 0.364. The van der Waals surface area contributed by atoms with Gasteiger partial charge in [-0.25, -0.2) is 0 Å². The van der Waals surface area contributed by atoms with Crippen LogP contribution in [0.5, 0.6) is 0 Å². The van der Waals surface area contributed by atoms with E-state index in [2.05, 4.69) is 21.9 Å². The van der Waals surface area contributed by atoms with Gasteiger partial charge in [-0.15, -0.1) is 0 Å². The molecule has 0 aromatic carbocycles. The second-order valence-electron chi connectivity index (χ2n) is 3.59. The van der Waals surface area contributed by atoms with E-state index in [4.69, 9.17) is 5.73 Å². The third kappa shape index (κ3) is 2.46. The van der Waals surface area contributed by atoms with Gasteiger partial charge in [0.25, 0.3) is 0 Å². The molecule has 0 unspecified atom stereocenters. The van der Waals surface area contributed by atoms with Gasteiger partial charge in [0.1, 0.15) is 0 Å². The van der Waals surface area contributed by atoms with Crippen molar-refractivity contribution in [3.63, 3.8) is 0 Å². The first-order chi connectivity index (χ1) is 7.29. The molecule has 15 heavy (non-hydrogen) atoms. The molecule has 0 bridgehead atoms. The Labute approximate surface area is 93.5 Å². The van der Waals surface area contributed by atoms with Crippen LogP contribution in [0.15, 0.2) is 23.0 Å². The number of rotatable bonds is 4. The molecule has 0 atom stereocenters. The zero-order valence-electron chi connectivity index (χ0n) is 8.81. The lowest BCUT2D eigenvalue weighted by atomic mass is 10.2. The van der Waals surface area contributed by atoms with E-state index in [0.29, 0.717) is 6.54 Å². The third-order valence-electron chi connectivity index (χ3n) is 2.48. The summed E-state index contributed by atoms with van der Waals surface area (Å²) in [6.07, 6.45) is 3.08. The monoisotopic (exact) mass is 221 g/mol. The number of thiophene rings is 1. The van der Waals surface area contributed by atoms with E-state index in [1.807, 2.05) is 17.8 Å². The summed E-state index contributed by atoms with van der Waals surface area (Å²) in [5.74, 6) is 0. The van der Waals surface area contributed by atoms with Crippen LogP contribution in [-0.4, -0.2) is 9.78 Å². The van der Waals surface area contributed by atoms with Crippen LogP contribution in [0.25, 0.3) is 0 Å². The van der Waals surface area contributed by atoms with Crippen molar-refractivity contribution in [2.24, 2.45) is 5.73 Å². The van der Waals surface area contributed by atoms with Crippen molar-refractivity contribution in [3.05, 3.63) is 39.8 Å². The summed E-state index contributed by atoms with van der Waals surface area (Å²) < 4.78 is 1.98. The van der Waals surface area contributed by atoms with Gasteiger partial charge < -0.3 is 5.73 Å². The van der Waals surface area contributed by atoms with Gasteiger partial charge in [0, 0.05) is 24.8 Å². The van der Waals surface area contributed by atoms with Crippen LogP contribution in [-0.2, 0) is 19.5 Å². The summed E-state index contributed by atoms with van der Waals surface area (Å²) >= 11 is 1.74. The Balaban J connectivity index is 1.99. The van der Waals surface area contributed by atoms with Crippen LogP contribution in [0.4, 0.5) is 0 Å². The van der Waals surface area contributed by atoms with Crippen molar-refractivity contribution in [2.75, 3.05) is 0 Å². The summed E-state index contributed by atoms with van der Waals surface area (Å²) in [5.41, 5.74) is 9.16. The van der Waals surface area contributed by atoms with Crippen LogP contribution in [0, 0.1) is 6.92 Å². The Bertz CT molecular complexity index is 417. The normalized spacial score (nSPS) is 10.8. The molecule has 0 saturated heterocycles. The van der Waals surface area contributed by atoms with Crippen molar-refractivity contribution in [3.8, 4) is 0 Å². The number of nitrogens with two attached hydrogens (primary N) is 1. The van der Waals surface area contributed by atoms with Crippen LogP contribution in [0.1, 0.15) is 16.8 Å². The Hall–Kier alpha value is -1.13. The summed E-state index contributed by atoms with van der Waals surface area (Å²) in [5, 5.41) is 8.71. The number of hydrogen-bond acceptors (Lipinski definition) is 3. The quantitative estimate of drug-likeness (QED) is 0.857. The van der Waals surface area contributed by atoms with Gasteiger partial charge >= 0.3 is 0 Å². The van der Waals surface area contributed by atoms with Gasteiger partial charge in [-0.1, -0.05) is 0 Å². The van der Waals surface area contributed by atoms with Crippen LogP contribution < -0.4 is 5.73 Å². The molecule has 0 aliphatic rings. The van der Waals surface area contributed by atoms with E-state index >= 15 is 0 Å². The van der Waals surface area contributed by atoms with Gasteiger partial charge in [-0.05, 0) is 35.7 Å². The highest BCUT2D eigenvalue weighted by molar-refractivity contribution is 7.07. The van der Waals surface area contributed by atoms with Crippen LogP contribution >= 0.6 is 11.3 Å². The number of hydrogen-bond donors (Lipinski definition) is 1. The zero-order chi connectivity index (χ0) is 10.7. The van der Waals surface area contributed by atoms with Crippen LogP contribution in [0.3, 0.4) is 0 Å². The Kier molecular flexibility index (Phi) is 3.18. The molecular formula is C11H15N3S. The molecule has 0 fully saturated rings. The van der Waals surface area contributed by atoms with E-state index in [1.165, 1.54) is 5.56 Å². The smallest absolute Gasteiger partial charge is 0.0638 e. The lowest BCUT2D eigenvalue weighted by Gasteiger charge is -1.98. The van der Waals surface area contributed by atoms with Crippen molar-refractivity contribution < 1.29 is 0 Å². The fourth-order valence-corrected chi connectivity index (χ4v) is 2.26. The fourth-order valence-electron chi connectivity index (χ4n) is 1.55. The standard InChI is InChI=1S/C11H15N3S/c1-9-11(6-12)7-14(13-9)4-2-10-3-5-15-8-10/h3,5,7-8H,2,4,6,12H2,1H3. The average Bonchev–Trinajstić information content (AvgIpc) is 2.83. The first-order valence-electron chi connectivity index (χ1n) is 5.03. The molecule has 4 heteroatoms. The Morgan fingerprint density at radius 2 is 2.40 bits per heavy atom. The number of nitrogens with zero attached hydrogens (tertiary/aromatic N) is 2. The predicted octanol–water partition coefficient (Wildman–Crippen LogP) is 1.95. The van der Waals surface area contributed by atoms with Gasteiger partial charge in [0.2, 0.25) is 0 Å². The maximum atomic E-state index is 5.60. The Morgan fingerprint density at radius 3 is 3.00 bits per heavy atom. The minimum absolute atomic E-state index is 0.574. The van der Waals surface area contributed by atoms with Gasteiger partial charge in [-0.2, -0.15) is 16.4 Å². The summed E-state index contributed by atoms with van der Waals surface area (Å²) in [6, 6.07) is 2.16. The van der Waals surface area contributed by atoms with E-state index in [-0.39, 0.29) is 0 Å². The lowest BCUT2D eigenvalue weighted by molar-refractivity contribution is 0.610. The Morgan fingerprint density at radius 1 is 1.53 bits per heavy atom. The minimum Gasteiger partial charge on any atom is -0.326 e. The van der Waals surface area contributed by atoms with Crippen LogP contribution in [0.2, 0.25) is 0 Å². The molecule has 2 aromatic heterocycles. The largest absolute Gasteiger partial charge is 0.326 e. The molecule has 3 nitrogen and oxygen atoms in total. The lowest BCUT2D eigenvalue weighted by Crippen LogP contribution is -2.01. The number of aryl methyl sites for hydroxylation is 3. The molecule has 0 saturated carbocycles. The molecule has 2 heterocycles. The third-order valence-corrected chi connectivity index (χ3v) is 3.21. The highest BCUT2D eigenvalue weighted by Gasteiger charge is 2.02. The first kappa shape index (κ1) is 10.4. The predicted molar refractivity (Wildman–Crippen MR) is 62.9 cm³/mol. The van der Waals surface area contributed by atoms with Gasteiger partial charge in [0.15, 0.2) is 0 Å². The van der Waals surface area contributed by atoms with E-state index in [9.17, 15) is 0 Å². The van der Waals surface area contributed by atoms with Gasteiger partial charge in [0.05, 0.1) is 5.69 Å². The molecule has 2 N–H and O–H groups in total. The van der Waals surface area contributed by atoms with Crippen molar-refractivity contribution in [2.45, 2.75) is 26.4 Å². The molecular weight excluding hydrogens is 206 g/mol. The second-order valence-corrected chi connectivity index (χ2v) is 4.37.